The lowest BCUT2D eigenvalue weighted by atomic mass is 10.2. The average Bonchev–Trinajstić information content (AvgIpc) is 2.48. The Morgan fingerprint density at radius 3 is 2.60 bits per heavy atom. The first-order chi connectivity index (χ1) is 9.70. The predicted molar refractivity (Wildman–Crippen MR) is 78.1 cm³/mol. The summed E-state index contributed by atoms with van der Waals surface area (Å²) in [7, 11) is 0. The molecule has 2 rings (SSSR count). The van der Waals surface area contributed by atoms with E-state index in [2.05, 4.69) is 11.8 Å². The molecule has 0 atom stereocenters. The fourth-order valence-corrected chi connectivity index (χ4v) is 1.80. The zero-order valence-corrected chi connectivity index (χ0v) is 11.5. The van der Waals surface area contributed by atoms with Crippen LogP contribution in [-0.4, -0.2) is 6.54 Å². The lowest BCUT2D eigenvalue weighted by Gasteiger charge is -2.07. The highest BCUT2D eigenvalue weighted by molar-refractivity contribution is 6.30. The first kappa shape index (κ1) is 14.4. The van der Waals surface area contributed by atoms with Crippen molar-refractivity contribution in [1.82, 2.24) is 0 Å². The Bertz CT molecular complexity index is 644. The maximum absolute atomic E-state index is 13.7. The van der Waals surface area contributed by atoms with Crippen LogP contribution in [-0.2, 0) is 6.61 Å². The van der Waals surface area contributed by atoms with Crippen LogP contribution in [0.3, 0.4) is 0 Å². The molecular weight excluding hydrogens is 277 g/mol. The molecule has 0 fully saturated rings. The highest BCUT2D eigenvalue weighted by Gasteiger charge is 2.06. The van der Waals surface area contributed by atoms with Crippen molar-refractivity contribution in [2.45, 2.75) is 6.61 Å². The van der Waals surface area contributed by atoms with Crippen molar-refractivity contribution in [2.75, 3.05) is 6.54 Å². The quantitative estimate of drug-likeness (QED) is 0.879. The van der Waals surface area contributed by atoms with E-state index in [1.807, 2.05) is 12.1 Å². The molecule has 2 nitrogen and oxygen atoms in total. The summed E-state index contributed by atoms with van der Waals surface area (Å²) < 4.78 is 19.2. The van der Waals surface area contributed by atoms with Crippen LogP contribution in [0.2, 0.25) is 5.02 Å². The lowest BCUT2D eigenvalue weighted by Crippen LogP contribution is -1.98. The van der Waals surface area contributed by atoms with Crippen molar-refractivity contribution in [3.05, 3.63) is 64.4 Å². The van der Waals surface area contributed by atoms with Crippen molar-refractivity contribution < 1.29 is 9.13 Å². The summed E-state index contributed by atoms with van der Waals surface area (Å²) in [5.74, 6) is 5.88. The molecule has 0 bridgehead atoms. The number of ether oxygens (including phenoxy) is 1. The predicted octanol–water partition coefficient (Wildman–Crippen LogP) is 3.37. The second-order valence-corrected chi connectivity index (χ2v) is 4.44. The van der Waals surface area contributed by atoms with Gasteiger partial charge in [0.15, 0.2) is 0 Å². The Morgan fingerprint density at radius 2 is 1.90 bits per heavy atom. The number of rotatable bonds is 3. The van der Waals surface area contributed by atoms with Crippen molar-refractivity contribution in [3.63, 3.8) is 0 Å². The molecule has 2 aromatic carbocycles. The fraction of sp³-hybridized carbons (Fsp3) is 0.125. The zero-order valence-electron chi connectivity index (χ0n) is 10.7. The Balaban J connectivity index is 2.02. The molecule has 0 saturated heterocycles. The van der Waals surface area contributed by atoms with Crippen molar-refractivity contribution in [1.29, 1.82) is 0 Å². The van der Waals surface area contributed by atoms with Crippen LogP contribution < -0.4 is 10.5 Å². The number of hydrogen-bond acceptors (Lipinski definition) is 2. The molecule has 0 heterocycles. The van der Waals surface area contributed by atoms with E-state index in [0.717, 1.165) is 5.56 Å². The van der Waals surface area contributed by atoms with Gasteiger partial charge in [-0.25, -0.2) is 4.39 Å². The van der Waals surface area contributed by atoms with Gasteiger partial charge in [0.05, 0.1) is 11.6 Å². The lowest BCUT2D eigenvalue weighted by molar-refractivity contribution is 0.300. The van der Waals surface area contributed by atoms with E-state index in [1.165, 1.54) is 6.07 Å². The summed E-state index contributed by atoms with van der Waals surface area (Å²) in [5, 5.41) is 0.0958. The van der Waals surface area contributed by atoms with Gasteiger partial charge in [0.1, 0.15) is 18.2 Å². The minimum absolute atomic E-state index is 0.0958. The third-order valence-electron chi connectivity index (χ3n) is 2.62. The summed E-state index contributed by atoms with van der Waals surface area (Å²) in [5.41, 5.74) is 6.58. The van der Waals surface area contributed by atoms with Gasteiger partial charge in [0.25, 0.3) is 0 Å². The summed E-state index contributed by atoms with van der Waals surface area (Å²) in [6, 6.07) is 12.0. The van der Waals surface area contributed by atoms with Crippen LogP contribution in [0.15, 0.2) is 42.5 Å². The molecular formula is C16H13ClFNO. The van der Waals surface area contributed by atoms with Gasteiger partial charge in [0, 0.05) is 11.1 Å². The molecule has 0 spiro atoms. The summed E-state index contributed by atoms with van der Waals surface area (Å²) >= 11 is 5.71. The molecule has 0 aromatic heterocycles. The zero-order chi connectivity index (χ0) is 14.4. The number of benzene rings is 2. The van der Waals surface area contributed by atoms with Gasteiger partial charge in [-0.3, -0.25) is 0 Å². The van der Waals surface area contributed by atoms with E-state index in [1.54, 1.807) is 24.3 Å². The van der Waals surface area contributed by atoms with Gasteiger partial charge in [-0.05, 0) is 30.3 Å². The molecule has 4 heteroatoms. The highest BCUT2D eigenvalue weighted by atomic mass is 35.5. The fourth-order valence-electron chi connectivity index (χ4n) is 1.61. The minimum atomic E-state index is -0.445. The third kappa shape index (κ3) is 3.74. The van der Waals surface area contributed by atoms with E-state index in [9.17, 15) is 4.39 Å². The second-order valence-electron chi connectivity index (χ2n) is 4.03. The number of hydrogen-bond donors (Lipinski definition) is 1. The molecule has 0 saturated carbocycles. The Kier molecular flexibility index (Phi) is 5.00. The molecule has 0 aliphatic heterocycles. The molecule has 0 unspecified atom stereocenters. The molecule has 0 amide bonds. The van der Waals surface area contributed by atoms with Crippen LogP contribution in [0, 0.1) is 17.7 Å². The van der Waals surface area contributed by atoms with Gasteiger partial charge < -0.3 is 10.5 Å². The summed E-state index contributed by atoms with van der Waals surface area (Å²) in [6.07, 6.45) is 0. The van der Waals surface area contributed by atoms with Crippen LogP contribution in [0.1, 0.15) is 11.1 Å². The normalized spacial score (nSPS) is 9.75. The summed E-state index contributed by atoms with van der Waals surface area (Å²) in [4.78, 5) is 0. The molecule has 0 aliphatic rings. The minimum Gasteiger partial charge on any atom is -0.489 e. The molecule has 2 N–H and O–H groups in total. The highest BCUT2D eigenvalue weighted by Crippen LogP contribution is 2.20. The molecule has 20 heavy (non-hydrogen) atoms. The molecule has 0 radical (unpaired) electrons. The number of nitrogens with two attached hydrogens (primary N) is 1. The van der Waals surface area contributed by atoms with Gasteiger partial charge in [-0.1, -0.05) is 35.6 Å². The van der Waals surface area contributed by atoms with Gasteiger partial charge in [0.2, 0.25) is 0 Å². The van der Waals surface area contributed by atoms with E-state index in [0.29, 0.717) is 17.9 Å². The average molecular weight is 290 g/mol. The maximum Gasteiger partial charge on any atom is 0.148 e. The van der Waals surface area contributed by atoms with Gasteiger partial charge in [-0.15, -0.1) is 0 Å². The van der Waals surface area contributed by atoms with E-state index < -0.39 is 5.82 Å². The monoisotopic (exact) mass is 289 g/mol. The second kappa shape index (κ2) is 6.95. The largest absolute Gasteiger partial charge is 0.489 e. The number of halogens is 2. The van der Waals surface area contributed by atoms with Crippen molar-refractivity contribution in [3.8, 4) is 17.6 Å². The standard InChI is InChI=1S/C16H13ClFNO/c17-15-5-1-4-13(16(15)18)11-20-14-8-6-12(7-9-14)3-2-10-19/h1,4-9H,10-11,19H2. The van der Waals surface area contributed by atoms with Crippen LogP contribution in [0.5, 0.6) is 5.75 Å². The Morgan fingerprint density at radius 1 is 1.15 bits per heavy atom. The molecule has 0 aliphatic carbocycles. The Hall–Kier alpha value is -2.02. The Labute approximate surface area is 122 Å². The molecule has 102 valence electrons. The van der Waals surface area contributed by atoms with Crippen LogP contribution >= 0.6 is 11.6 Å². The third-order valence-corrected chi connectivity index (χ3v) is 2.91. The first-order valence-corrected chi connectivity index (χ1v) is 6.43. The topological polar surface area (TPSA) is 35.2 Å². The smallest absolute Gasteiger partial charge is 0.148 e. The van der Waals surface area contributed by atoms with E-state index >= 15 is 0 Å². The summed E-state index contributed by atoms with van der Waals surface area (Å²) in [6.45, 7) is 0.451. The molecule has 2 aromatic rings. The maximum atomic E-state index is 13.7. The van der Waals surface area contributed by atoms with E-state index in [-0.39, 0.29) is 11.6 Å². The van der Waals surface area contributed by atoms with Gasteiger partial charge >= 0.3 is 0 Å². The SMILES string of the molecule is NCC#Cc1ccc(OCc2cccc(Cl)c2F)cc1. The van der Waals surface area contributed by atoms with Gasteiger partial charge in [-0.2, -0.15) is 0 Å². The van der Waals surface area contributed by atoms with Crippen LogP contribution in [0.4, 0.5) is 4.39 Å². The van der Waals surface area contributed by atoms with E-state index in [4.69, 9.17) is 22.1 Å². The van der Waals surface area contributed by atoms with Crippen molar-refractivity contribution >= 4 is 11.6 Å². The van der Waals surface area contributed by atoms with Crippen molar-refractivity contribution in [2.24, 2.45) is 5.73 Å². The first-order valence-electron chi connectivity index (χ1n) is 6.05. The van der Waals surface area contributed by atoms with Crippen LogP contribution in [0.25, 0.3) is 0 Å².